The third-order valence-corrected chi connectivity index (χ3v) is 6.75. The van der Waals surface area contributed by atoms with Gasteiger partial charge in [-0.05, 0) is 39.8 Å². The Hall–Kier alpha value is -2.68. The molecule has 2 nitrogen and oxygen atoms in total. The van der Waals surface area contributed by atoms with Crippen LogP contribution < -0.4 is 0 Å². The molecular formula is C28H28O2. The van der Waals surface area contributed by atoms with E-state index in [1.807, 2.05) is 6.07 Å². The molecule has 1 aliphatic heterocycles. The van der Waals surface area contributed by atoms with Crippen molar-refractivity contribution >= 4 is 5.57 Å². The summed E-state index contributed by atoms with van der Waals surface area (Å²) in [5.74, 6) is 0.163. The van der Waals surface area contributed by atoms with Crippen LogP contribution in [0.4, 0.5) is 0 Å². The van der Waals surface area contributed by atoms with Crippen LogP contribution in [0.1, 0.15) is 30.5 Å². The van der Waals surface area contributed by atoms with E-state index >= 15 is 0 Å². The van der Waals surface area contributed by atoms with Gasteiger partial charge >= 0.3 is 0 Å². The Morgan fingerprint density at radius 1 is 0.967 bits per heavy atom. The van der Waals surface area contributed by atoms with Crippen LogP contribution in [-0.4, -0.2) is 23.9 Å². The molecule has 0 fully saturated rings. The van der Waals surface area contributed by atoms with Crippen molar-refractivity contribution in [3.05, 3.63) is 113 Å². The lowest BCUT2D eigenvalue weighted by Gasteiger charge is -2.34. The molecule has 0 spiro atoms. The summed E-state index contributed by atoms with van der Waals surface area (Å²) < 4.78 is 6.71. The van der Waals surface area contributed by atoms with Gasteiger partial charge in [-0.1, -0.05) is 98.8 Å². The lowest BCUT2D eigenvalue weighted by atomic mass is 9.79. The predicted octanol–water partition coefficient (Wildman–Crippen LogP) is 5.40. The molecule has 3 atom stereocenters. The highest BCUT2D eigenvalue weighted by Crippen LogP contribution is 2.50. The van der Waals surface area contributed by atoms with Gasteiger partial charge in [0.2, 0.25) is 0 Å². The normalized spacial score (nSPS) is 27.4. The number of fused-ring (bicyclic) bond motifs is 3. The number of aliphatic hydroxyl groups is 1. The van der Waals surface area contributed by atoms with Gasteiger partial charge in [-0.25, -0.2) is 0 Å². The average molecular weight is 397 g/mol. The van der Waals surface area contributed by atoms with Crippen molar-refractivity contribution in [1.82, 2.24) is 0 Å². The Bertz CT molecular complexity index is 1070. The van der Waals surface area contributed by atoms with Gasteiger partial charge in [0.25, 0.3) is 0 Å². The van der Waals surface area contributed by atoms with E-state index in [0.29, 0.717) is 0 Å². The molecule has 0 bridgehead atoms. The number of ether oxygens (including phenoxy) is 1. The average Bonchev–Trinajstić information content (AvgIpc) is 2.97. The second kappa shape index (κ2) is 7.54. The maximum atomic E-state index is 10.4. The third-order valence-electron chi connectivity index (χ3n) is 6.75. The SMILES string of the molecule is CC1(C)C2=C(c3ccccc31)C(CO)OC1C(Cc3ccccc3)=CC=CC1/C=C\2. The van der Waals surface area contributed by atoms with E-state index in [2.05, 4.69) is 92.8 Å². The molecular weight excluding hydrogens is 368 g/mol. The zero-order chi connectivity index (χ0) is 20.7. The molecule has 2 aliphatic carbocycles. The van der Waals surface area contributed by atoms with Gasteiger partial charge in [0.1, 0.15) is 6.10 Å². The molecule has 2 aromatic rings. The van der Waals surface area contributed by atoms with Crippen LogP contribution in [0.3, 0.4) is 0 Å². The first-order chi connectivity index (χ1) is 14.6. The predicted molar refractivity (Wildman–Crippen MR) is 122 cm³/mol. The van der Waals surface area contributed by atoms with Gasteiger partial charge in [0, 0.05) is 11.3 Å². The van der Waals surface area contributed by atoms with E-state index < -0.39 is 0 Å². The molecule has 0 saturated heterocycles. The number of benzene rings is 2. The molecule has 0 radical (unpaired) electrons. The highest BCUT2D eigenvalue weighted by molar-refractivity contribution is 5.84. The number of hydrogen-bond acceptors (Lipinski definition) is 2. The molecule has 2 heteroatoms. The van der Waals surface area contributed by atoms with Crippen LogP contribution >= 0.6 is 0 Å². The minimum absolute atomic E-state index is 0.0252. The standard InChI is InChI=1S/C28H28O2/c1-28(2)23-14-7-6-13-22(23)26-24(28)16-15-20-11-8-12-21(27(20)30-25(26)18-29)17-19-9-4-3-5-10-19/h3-16,20,25,27,29H,17-18H2,1-2H3/b16-15-. The molecule has 0 saturated carbocycles. The van der Waals surface area contributed by atoms with Crippen molar-refractivity contribution in [1.29, 1.82) is 0 Å². The largest absolute Gasteiger partial charge is 0.393 e. The van der Waals surface area contributed by atoms with E-state index in [-0.39, 0.29) is 30.1 Å². The zero-order valence-corrected chi connectivity index (χ0v) is 17.6. The summed E-state index contributed by atoms with van der Waals surface area (Å²) in [5.41, 5.74) is 7.34. The van der Waals surface area contributed by atoms with Crippen LogP contribution in [0.5, 0.6) is 0 Å². The number of rotatable bonds is 3. The maximum absolute atomic E-state index is 10.4. The molecule has 30 heavy (non-hydrogen) atoms. The summed E-state index contributed by atoms with van der Waals surface area (Å²) in [6.45, 7) is 4.51. The minimum atomic E-state index is -0.342. The third kappa shape index (κ3) is 3.12. The molecule has 0 aromatic heterocycles. The van der Waals surface area contributed by atoms with Crippen molar-refractivity contribution in [2.45, 2.75) is 37.9 Å². The molecule has 1 N–H and O–H groups in total. The molecule has 0 amide bonds. The summed E-state index contributed by atoms with van der Waals surface area (Å²) in [7, 11) is 0. The van der Waals surface area contributed by atoms with Crippen molar-refractivity contribution in [2.24, 2.45) is 5.92 Å². The molecule has 5 rings (SSSR count). The van der Waals surface area contributed by atoms with Crippen molar-refractivity contribution < 1.29 is 9.84 Å². The summed E-state index contributed by atoms with van der Waals surface area (Å²) in [6.07, 6.45) is 11.5. The summed E-state index contributed by atoms with van der Waals surface area (Å²) in [4.78, 5) is 0. The van der Waals surface area contributed by atoms with Crippen LogP contribution in [0.25, 0.3) is 5.57 Å². The second-order valence-corrected chi connectivity index (χ2v) is 8.95. The van der Waals surface area contributed by atoms with Gasteiger partial charge in [0.05, 0.1) is 12.7 Å². The summed E-state index contributed by atoms with van der Waals surface area (Å²) in [5, 5.41) is 10.4. The fourth-order valence-corrected chi connectivity index (χ4v) is 5.21. The van der Waals surface area contributed by atoms with Crippen LogP contribution in [0.15, 0.2) is 96.1 Å². The molecule has 2 aromatic carbocycles. The first-order valence-electron chi connectivity index (χ1n) is 10.8. The molecule has 3 unspecified atom stereocenters. The summed E-state index contributed by atoms with van der Waals surface area (Å²) >= 11 is 0. The van der Waals surface area contributed by atoms with Gasteiger partial charge in [-0.3, -0.25) is 0 Å². The monoisotopic (exact) mass is 396 g/mol. The highest BCUT2D eigenvalue weighted by atomic mass is 16.5. The molecule has 152 valence electrons. The quantitative estimate of drug-likeness (QED) is 0.752. The van der Waals surface area contributed by atoms with Crippen LogP contribution in [0, 0.1) is 5.92 Å². The highest BCUT2D eigenvalue weighted by Gasteiger charge is 2.41. The van der Waals surface area contributed by atoms with Gasteiger partial charge in [-0.15, -0.1) is 0 Å². The van der Waals surface area contributed by atoms with E-state index in [1.165, 1.54) is 27.8 Å². The van der Waals surface area contributed by atoms with E-state index in [1.54, 1.807) is 0 Å². The lowest BCUT2D eigenvalue weighted by molar-refractivity contribution is -0.00432. The smallest absolute Gasteiger partial charge is 0.107 e. The number of aliphatic hydroxyl groups excluding tert-OH is 1. The van der Waals surface area contributed by atoms with E-state index in [4.69, 9.17) is 4.74 Å². The second-order valence-electron chi connectivity index (χ2n) is 8.95. The topological polar surface area (TPSA) is 29.5 Å². The van der Waals surface area contributed by atoms with Gasteiger partial charge in [-0.2, -0.15) is 0 Å². The maximum Gasteiger partial charge on any atom is 0.107 e. The van der Waals surface area contributed by atoms with Crippen molar-refractivity contribution in [3.63, 3.8) is 0 Å². The summed E-state index contributed by atoms with van der Waals surface area (Å²) in [6, 6.07) is 19.1. The van der Waals surface area contributed by atoms with Crippen LogP contribution in [0.2, 0.25) is 0 Å². The first-order valence-corrected chi connectivity index (χ1v) is 10.8. The first kappa shape index (κ1) is 19.3. The van der Waals surface area contributed by atoms with Gasteiger partial charge < -0.3 is 9.84 Å². The van der Waals surface area contributed by atoms with E-state index in [0.717, 1.165) is 12.0 Å². The lowest BCUT2D eigenvalue weighted by Crippen LogP contribution is -2.35. The Labute approximate surface area is 178 Å². The van der Waals surface area contributed by atoms with Crippen LogP contribution in [-0.2, 0) is 16.6 Å². The Morgan fingerprint density at radius 3 is 2.53 bits per heavy atom. The van der Waals surface area contributed by atoms with Gasteiger partial charge in [0.15, 0.2) is 0 Å². The minimum Gasteiger partial charge on any atom is -0.393 e. The fourth-order valence-electron chi connectivity index (χ4n) is 5.21. The number of hydrogen-bond donors (Lipinski definition) is 1. The van der Waals surface area contributed by atoms with E-state index in [9.17, 15) is 5.11 Å². The zero-order valence-electron chi connectivity index (χ0n) is 17.6. The number of allylic oxidation sites excluding steroid dienone is 4. The Balaban J connectivity index is 1.55. The molecule has 3 aliphatic rings. The Kier molecular flexibility index (Phi) is 4.85. The van der Waals surface area contributed by atoms with Crippen molar-refractivity contribution in [2.75, 3.05) is 6.61 Å². The fraction of sp³-hybridized carbons (Fsp3) is 0.286. The molecule has 1 heterocycles. The van der Waals surface area contributed by atoms with Crippen molar-refractivity contribution in [3.8, 4) is 0 Å². The Morgan fingerprint density at radius 2 is 1.73 bits per heavy atom.